The molecule has 0 nitrogen and oxygen atoms in total. The van der Waals surface area contributed by atoms with E-state index in [0.29, 0.717) is 34.1 Å². The summed E-state index contributed by atoms with van der Waals surface area (Å²) in [6, 6.07) is 18.6. The van der Waals surface area contributed by atoms with E-state index in [2.05, 4.69) is 19.1 Å². The van der Waals surface area contributed by atoms with Crippen molar-refractivity contribution in [1.82, 2.24) is 0 Å². The maximum Gasteiger partial charge on any atom is 0.167 e. The van der Waals surface area contributed by atoms with Crippen molar-refractivity contribution < 1.29 is 8.78 Å². The summed E-state index contributed by atoms with van der Waals surface area (Å²) in [6.07, 6.45) is 6.84. The fourth-order valence-electron chi connectivity index (χ4n) is 3.87. The highest BCUT2D eigenvalue weighted by Crippen LogP contribution is 2.34. The van der Waals surface area contributed by atoms with E-state index in [1.807, 2.05) is 55.5 Å². The van der Waals surface area contributed by atoms with Crippen LogP contribution in [0, 0.1) is 24.5 Å². The number of hydrogen-bond acceptors (Lipinski definition) is 0. The van der Waals surface area contributed by atoms with E-state index < -0.39 is 11.6 Å². The first-order valence-electron chi connectivity index (χ1n) is 9.86. The summed E-state index contributed by atoms with van der Waals surface area (Å²) in [5.41, 5.74) is 4.28. The predicted octanol–water partition coefficient (Wildman–Crippen LogP) is 7.68. The number of hydrogen-bond donors (Lipinski definition) is 0. The van der Waals surface area contributed by atoms with E-state index >= 15 is 0 Å². The molecular formula is C26H24F2. The molecule has 2 atom stereocenters. The van der Waals surface area contributed by atoms with Crippen molar-refractivity contribution in [2.45, 2.75) is 32.6 Å². The summed E-state index contributed by atoms with van der Waals surface area (Å²) >= 11 is 0. The Bertz CT molecular complexity index is 998. The molecular weight excluding hydrogens is 350 g/mol. The molecule has 142 valence electrons. The van der Waals surface area contributed by atoms with Crippen LogP contribution < -0.4 is 0 Å². The van der Waals surface area contributed by atoms with E-state index in [4.69, 9.17) is 0 Å². The summed E-state index contributed by atoms with van der Waals surface area (Å²) in [4.78, 5) is 0. The molecule has 0 amide bonds. The van der Waals surface area contributed by atoms with E-state index in [1.165, 1.54) is 12.0 Å². The third-order valence-electron chi connectivity index (χ3n) is 5.70. The molecule has 0 saturated heterocycles. The lowest BCUT2D eigenvalue weighted by molar-refractivity contribution is 0.514. The molecule has 0 N–H and O–H groups in total. The summed E-state index contributed by atoms with van der Waals surface area (Å²) in [5.74, 6) is -0.540. The van der Waals surface area contributed by atoms with Gasteiger partial charge >= 0.3 is 0 Å². The highest BCUT2D eigenvalue weighted by molar-refractivity contribution is 5.72. The molecule has 1 aliphatic carbocycles. The van der Waals surface area contributed by atoms with Gasteiger partial charge < -0.3 is 0 Å². The third kappa shape index (κ3) is 3.64. The van der Waals surface area contributed by atoms with Crippen molar-refractivity contribution in [3.05, 3.63) is 95.6 Å². The van der Waals surface area contributed by atoms with Crippen LogP contribution in [0.1, 0.15) is 36.8 Å². The molecule has 4 rings (SSSR count). The Balaban J connectivity index is 1.63. The Morgan fingerprint density at radius 3 is 1.71 bits per heavy atom. The molecule has 0 spiro atoms. The fourth-order valence-corrected chi connectivity index (χ4v) is 3.87. The van der Waals surface area contributed by atoms with E-state index in [1.54, 1.807) is 12.1 Å². The first kappa shape index (κ1) is 18.6. The molecule has 0 radical (unpaired) electrons. The van der Waals surface area contributed by atoms with Gasteiger partial charge in [0.05, 0.1) is 0 Å². The molecule has 0 aromatic heterocycles. The molecule has 0 bridgehead atoms. The summed E-state index contributed by atoms with van der Waals surface area (Å²) in [5, 5.41) is 0. The van der Waals surface area contributed by atoms with Gasteiger partial charge in [0, 0.05) is 17.0 Å². The monoisotopic (exact) mass is 374 g/mol. The fraction of sp³-hybridized carbons (Fsp3) is 0.231. The minimum absolute atomic E-state index is 0.291. The number of halogens is 2. The Morgan fingerprint density at radius 2 is 1.21 bits per heavy atom. The first-order valence-corrected chi connectivity index (χ1v) is 9.86. The average molecular weight is 374 g/mol. The van der Waals surface area contributed by atoms with Gasteiger partial charge in [0.1, 0.15) is 0 Å². The van der Waals surface area contributed by atoms with Crippen LogP contribution in [0.3, 0.4) is 0 Å². The van der Waals surface area contributed by atoms with E-state index in [9.17, 15) is 8.78 Å². The van der Waals surface area contributed by atoms with Crippen LogP contribution in [0.2, 0.25) is 0 Å². The van der Waals surface area contributed by atoms with Crippen molar-refractivity contribution in [2.24, 2.45) is 5.92 Å². The zero-order valence-electron chi connectivity index (χ0n) is 16.3. The zero-order chi connectivity index (χ0) is 19.7. The maximum atomic E-state index is 14.8. The second kappa shape index (κ2) is 7.71. The molecule has 1 aliphatic rings. The predicted molar refractivity (Wildman–Crippen MR) is 112 cm³/mol. The van der Waals surface area contributed by atoms with Gasteiger partial charge in [-0.15, -0.1) is 0 Å². The Labute approximate surface area is 165 Å². The number of allylic oxidation sites excluding steroid dienone is 2. The van der Waals surface area contributed by atoms with Crippen molar-refractivity contribution in [1.29, 1.82) is 0 Å². The topological polar surface area (TPSA) is 0 Å². The smallest absolute Gasteiger partial charge is 0.167 e. The van der Waals surface area contributed by atoms with Gasteiger partial charge in [-0.1, -0.05) is 85.3 Å². The molecule has 3 aromatic carbocycles. The molecule has 28 heavy (non-hydrogen) atoms. The van der Waals surface area contributed by atoms with Crippen molar-refractivity contribution in [3.63, 3.8) is 0 Å². The van der Waals surface area contributed by atoms with Crippen LogP contribution in [0.5, 0.6) is 0 Å². The lowest BCUT2D eigenvalue weighted by Gasteiger charge is -2.20. The molecule has 2 unspecified atom stereocenters. The van der Waals surface area contributed by atoms with Crippen molar-refractivity contribution in [3.8, 4) is 22.3 Å². The second-order valence-electron chi connectivity index (χ2n) is 7.82. The highest BCUT2D eigenvalue weighted by atomic mass is 19.2. The highest BCUT2D eigenvalue weighted by Gasteiger charge is 2.17. The van der Waals surface area contributed by atoms with Crippen LogP contribution >= 0.6 is 0 Å². The average Bonchev–Trinajstić information content (AvgIpc) is 2.72. The van der Waals surface area contributed by atoms with Gasteiger partial charge in [-0.05, 0) is 42.4 Å². The normalized spacial score (nSPS) is 19.0. The molecule has 0 fully saturated rings. The van der Waals surface area contributed by atoms with Gasteiger partial charge in [-0.2, -0.15) is 0 Å². The third-order valence-corrected chi connectivity index (χ3v) is 5.70. The minimum atomic E-state index is -0.797. The van der Waals surface area contributed by atoms with Crippen molar-refractivity contribution in [2.75, 3.05) is 0 Å². The minimum Gasteiger partial charge on any atom is -0.203 e. The molecule has 2 heteroatoms. The first-order chi connectivity index (χ1) is 13.5. The quantitative estimate of drug-likeness (QED) is 0.412. The standard InChI is InChI=1S/C26H24F2/c1-17-3-7-19(8-4-17)20-11-13-22(14-12-20)24-16-15-23(25(27)26(24)28)21-9-5-18(2)6-10-21/h3,5-7,9-17,19H,4,8H2,1-2H3. The second-order valence-corrected chi connectivity index (χ2v) is 7.82. The summed E-state index contributed by atoms with van der Waals surface area (Å²) in [7, 11) is 0. The molecule has 0 saturated carbocycles. The van der Waals surface area contributed by atoms with Crippen LogP contribution in [-0.4, -0.2) is 0 Å². The van der Waals surface area contributed by atoms with Crippen molar-refractivity contribution >= 4 is 0 Å². The molecule has 3 aromatic rings. The largest absolute Gasteiger partial charge is 0.203 e. The summed E-state index contributed by atoms with van der Waals surface area (Å²) in [6.45, 7) is 4.20. The Hall–Kier alpha value is -2.74. The number of aryl methyl sites for hydroxylation is 1. The number of benzene rings is 3. The van der Waals surface area contributed by atoms with Crippen LogP contribution in [0.4, 0.5) is 8.78 Å². The van der Waals surface area contributed by atoms with E-state index in [-0.39, 0.29) is 0 Å². The molecule has 0 heterocycles. The SMILES string of the molecule is Cc1ccc(-c2ccc(-c3ccc(C4C=CC(C)CC4)cc3)c(F)c2F)cc1. The number of rotatable bonds is 3. The Morgan fingerprint density at radius 1 is 0.679 bits per heavy atom. The zero-order valence-corrected chi connectivity index (χ0v) is 16.3. The Kier molecular flexibility index (Phi) is 5.13. The van der Waals surface area contributed by atoms with Gasteiger partial charge in [0.2, 0.25) is 0 Å². The van der Waals surface area contributed by atoms with Crippen LogP contribution in [-0.2, 0) is 0 Å². The van der Waals surface area contributed by atoms with Gasteiger partial charge in [0.15, 0.2) is 11.6 Å². The van der Waals surface area contributed by atoms with E-state index in [0.717, 1.165) is 12.0 Å². The molecule has 0 aliphatic heterocycles. The van der Waals surface area contributed by atoms with Gasteiger partial charge in [-0.3, -0.25) is 0 Å². The van der Waals surface area contributed by atoms with Crippen LogP contribution in [0.25, 0.3) is 22.3 Å². The summed E-state index contributed by atoms with van der Waals surface area (Å²) < 4.78 is 29.6. The van der Waals surface area contributed by atoms with Gasteiger partial charge in [-0.25, -0.2) is 8.78 Å². The van der Waals surface area contributed by atoms with Crippen LogP contribution in [0.15, 0.2) is 72.8 Å². The van der Waals surface area contributed by atoms with Gasteiger partial charge in [0.25, 0.3) is 0 Å². The lowest BCUT2D eigenvalue weighted by atomic mass is 9.85. The lowest BCUT2D eigenvalue weighted by Crippen LogP contribution is -2.04. The maximum absolute atomic E-state index is 14.8.